The summed E-state index contributed by atoms with van der Waals surface area (Å²) in [5, 5.41) is 7.73. The van der Waals surface area contributed by atoms with Gasteiger partial charge in [-0.3, -0.25) is 4.68 Å². The molecular formula is C14H16N4S2. The van der Waals surface area contributed by atoms with Crippen LogP contribution in [0.15, 0.2) is 34.8 Å². The number of thioether (sulfide) groups is 1. The monoisotopic (exact) mass is 304 g/mol. The van der Waals surface area contributed by atoms with Gasteiger partial charge in [-0.25, -0.2) is 4.98 Å². The number of hydrogen-bond acceptors (Lipinski definition) is 5. The molecule has 1 atom stereocenters. The molecule has 0 saturated heterocycles. The minimum absolute atomic E-state index is 0.216. The molecule has 0 fully saturated rings. The minimum Gasteiger partial charge on any atom is -0.377 e. The molecule has 0 saturated carbocycles. The third-order valence-corrected chi connectivity index (χ3v) is 5.23. The number of nitrogens with zero attached hydrogens (tertiary/aromatic N) is 3. The molecule has 0 amide bonds. The van der Waals surface area contributed by atoms with Crippen molar-refractivity contribution in [3.63, 3.8) is 0 Å². The van der Waals surface area contributed by atoms with Gasteiger partial charge in [0.25, 0.3) is 0 Å². The summed E-state index contributed by atoms with van der Waals surface area (Å²) in [7, 11) is 1.96. The Morgan fingerprint density at radius 3 is 2.90 bits per heavy atom. The fourth-order valence-corrected chi connectivity index (χ4v) is 3.74. The number of aromatic nitrogens is 3. The molecule has 0 spiro atoms. The summed E-state index contributed by atoms with van der Waals surface area (Å²) in [5.74, 6) is 0. The number of thiazole rings is 1. The average molecular weight is 304 g/mol. The third-order valence-electron chi connectivity index (χ3n) is 3.23. The Balaban J connectivity index is 1.85. The van der Waals surface area contributed by atoms with E-state index in [1.54, 1.807) is 23.1 Å². The molecular weight excluding hydrogens is 288 g/mol. The molecule has 0 aliphatic rings. The van der Waals surface area contributed by atoms with Crippen LogP contribution in [-0.2, 0) is 7.05 Å². The van der Waals surface area contributed by atoms with E-state index in [1.165, 1.54) is 10.4 Å². The lowest BCUT2D eigenvalue weighted by Crippen LogP contribution is -2.11. The van der Waals surface area contributed by atoms with Crippen molar-refractivity contribution in [2.24, 2.45) is 7.05 Å². The number of anilines is 1. The molecule has 104 valence electrons. The van der Waals surface area contributed by atoms with Crippen molar-refractivity contribution in [1.82, 2.24) is 14.8 Å². The molecule has 2 aromatic heterocycles. The quantitative estimate of drug-likeness (QED) is 0.742. The highest BCUT2D eigenvalue weighted by Gasteiger charge is 2.10. The van der Waals surface area contributed by atoms with Gasteiger partial charge in [0.15, 0.2) is 4.34 Å². The van der Waals surface area contributed by atoms with Gasteiger partial charge in [0.1, 0.15) is 0 Å². The summed E-state index contributed by atoms with van der Waals surface area (Å²) < 4.78 is 4.22. The number of benzene rings is 1. The van der Waals surface area contributed by atoms with Crippen LogP contribution in [-0.4, -0.2) is 21.0 Å². The first kappa shape index (κ1) is 13.5. The van der Waals surface area contributed by atoms with Crippen molar-refractivity contribution in [2.45, 2.75) is 17.3 Å². The summed E-state index contributed by atoms with van der Waals surface area (Å²) >= 11 is 3.42. The average Bonchev–Trinajstić information content (AvgIpc) is 3.03. The zero-order valence-electron chi connectivity index (χ0n) is 11.6. The second kappa shape index (κ2) is 5.46. The molecule has 0 radical (unpaired) electrons. The predicted molar refractivity (Wildman–Crippen MR) is 86.6 cm³/mol. The molecule has 1 N–H and O–H groups in total. The summed E-state index contributed by atoms with van der Waals surface area (Å²) in [6.45, 7) is 2.14. The first-order valence-corrected chi connectivity index (χ1v) is 8.40. The molecule has 3 rings (SSSR count). The summed E-state index contributed by atoms with van der Waals surface area (Å²) in [5.41, 5.74) is 3.35. The van der Waals surface area contributed by atoms with Crippen LogP contribution in [0.1, 0.15) is 18.7 Å². The van der Waals surface area contributed by atoms with Crippen LogP contribution in [0.2, 0.25) is 0 Å². The zero-order chi connectivity index (χ0) is 14.1. The maximum atomic E-state index is 4.56. The lowest BCUT2D eigenvalue weighted by Gasteiger charge is -2.15. The Kier molecular flexibility index (Phi) is 3.67. The van der Waals surface area contributed by atoms with E-state index in [9.17, 15) is 0 Å². The van der Waals surface area contributed by atoms with Gasteiger partial charge in [-0.05, 0) is 37.4 Å². The van der Waals surface area contributed by atoms with Gasteiger partial charge in [-0.1, -0.05) is 11.8 Å². The van der Waals surface area contributed by atoms with Crippen molar-refractivity contribution in [2.75, 3.05) is 11.6 Å². The number of hydrogen-bond donors (Lipinski definition) is 1. The Bertz CT molecular complexity index is 732. The van der Waals surface area contributed by atoms with Gasteiger partial charge < -0.3 is 5.32 Å². The topological polar surface area (TPSA) is 42.7 Å². The van der Waals surface area contributed by atoms with Crippen LogP contribution < -0.4 is 5.32 Å². The van der Waals surface area contributed by atoms with Gasteiger partial charge in [0.2, 0.25) is 0 Å². The van der Waals surface area contributed by atoms with Crippen molar-refractivity contribution >= 4 is 39.0 Å². The van der Waals surface area contributed by atoms with Crippen LogP contribution in [0.4, 0.5) is 5.69 Å². The maximum absolute atomic E-state index is 4.56. The maximum Gasteiger partial charge on any atom is 0.150 e. The molecule has 0 aliphatic heterocycles. The number of rotatable bonds is 4. The molecule has 20 heavy (non-hydrogen) atoms. The van der Waals surface area contributed by atoms with Crippen molar-refractivity contribution in [3.05, 3.63) is 36.2 Å². The predicted octanol–water partition coefficient (Wildman–Crippen LogP) is 3.92. The van der Waals surface area contributed by atoms with Crippen LogP contribution in [0, 0.1) is 0 Å². The van der Waals surface area contributed by atoms with E-state index in [0.29, 0.717) is 0 Å². The van der Waals surface area contributed by atoms with Crippen molar-refractivity contribution < 1.29 is 0 Å². The molecule has 0 bridgehead atoms. The van der Waals surface area contributed by atoms with E-state index >= 15 is 0 Å². The van der Waals surface area contributed by atoms with Crippen molar-refractivity contribution in [1.29, 1.82) is 0 Å². The van der Waals surface area contributed by atoms with Crippen molar-refractivity contribution in [3.8, 4) is 0 Å². The van der Waals surface area contributed by atoms with Crippen LogP contribution in [0.3, 0.4) is 0 Å². The smallest absolute Gasteiger partial charge is 0.150 e. The van der Waals surface area contributed by atoms with E-state index in [1.807, 2.05) is 24.0 Å². The summed E-state index contributed by atoms with van der Waals surface area (Å²) in [4.78, 5) is 4.56. The van der Waals surface area contributed by atoms with Crippen LogP contribution >= 0.6 is 23.1 Å². The molecule has 0 aliphatic carbocycles. The van der Waals surface area contributed by atoms with Crippen LogP contribution in [0.5, 0.6) is 0 Å². The largest absolute Gasteiger partial charge is 0.377 e. The van der Waals surface area contributed by atoms with E-state index in [-0.39, 0.29) is 6.04 Å². The van der Waals surface area contributed by atoms with E-state index in [2.05, 4.69) is 46.8 Å². The fourth-order valence-electron chi connectivity index (χ4n) is 2.21. The standard InChI is InChI=1S/C14H16N4S2/c1-9(12-6-7-15-18(12)2)16-10-4-5-11-13(8-10)20-14(17-11)19-3/h4-9,16H,1-3H3. The molecule has 4 nitrogen and oxygen atoms in total. The van der Waals surface area contributed by atoms with Crippen LogP contribution in [0.25, 0.3) is 10.2 Å². The Labute approximate surface area is 126 Å². The number of nitrogens with one attached hydrogen (secondary N) is 1. The first-order chi connectivity index (χ1) is 9.67. The van der Waals surface area contributed by atoms with Gasteiger partial charge in [0, 0.05) is 18.9 Å². The molecule has 1 aromatic carbocycles. The minimum atomic E-state index is 0.216. The highest BCUT2D eigenvalue weighted by atomic mass is 32.2. The van der Waals surface area contributed by atoms with Gasteiger partial charge >= 0.3 is 0 Å². The van der Waals surface area contributed by atoms with Gasteiger partial charge in [-0.2, -0.15) is 5.10 Å². The lowest BCUT2D eigenvalue weighted by atomic mass is 10.2. The highest BCUT2D eigenvalue weighted by Crippen LogP contribution is 2.30. The van der Waals surface area contributed by atoms with E-state index < -0.39 is 0 Å². The molecule has 3 aromatic rings. The normalized spacial score (nSPS) is 12.8. The summed E-state index contributed by atoms with van der Waals surface area (Å²) in [6.07, 6.45) is 3.88. The first-order valence-electron chi connectivity index (χ1n) is 6.36. The number of aryl methyl sites for hydroxylation is 1. The van der Waals surface area contributed by atoms with Gasteiger partial charge in [0.05, 0.1) is 22.0 Å². The Morgan fingerprint density at radius 1 is 1.35 bits per heavy atom. The highest BCUT2D eigenvalue weighted by molar-refractivity contribution is 8.00. The Morgan fingerprint density at radius 2 is 2.20 bits per heavy atom. The zero-order valence-corrected chi connectivity index (χ0v) is 13.3. The SMILES string of the molecule is CSc1nc2ccc(NC(C)c3ccnn3C)cc2s1. The second-order valence-corrected chi connectivity index (χ2v) is 6.70. The Hall–Kier alpha value is -1.53. The second-order valence-electron chi connectivity index (χ2n) is 4.61. The third kappa shape index (κ3) is 2.53. The lowest BCUT2D eigenvalue weighted by molar-refractivity contribution is 0.676. The summed E-state index contributed by atoms with van der Waals surface area (Å²) in [6, 6.07) is 8.57. The fraction of sp³-hybridized carbons (Fsp3) is 0.286. The molecule has 2 heterocycles. The van der Waals surface area contributed by atoms with E-state index in [4.69, 9.17) is 0 Å². The van der Waals surface area contributed by atoms with Gasteiger partial charge in [-0.15, -0.1) is 11.3 Å². The molecule has 1 unspecified atom stereocenters. The molecule has 6 heteroatoms. The van der Waals surface area contributed by atoms with E-state index in [0.717, 1.165) is 15.5 Å². The number of fused-ring (bicyclic) bond motifs is 1.